The van der Waals surface area contributed by atoms with Crippen LogP contribution < -0.4 is 0 Å². The first-order valence-corrected chi connectivity index (χ1v) is 9.81. The number of rotatable bonds is 15. The minimum atomic E-state index is -0.640. The Morgan fingerprint density at radius 3 is 1.79 bits per heavy atom. The first-order valence-electron chi connectivity index (χ1n) is 9.81. The van der Waals surface area contributed by atoms with E-state index in [4.69, 9.17) is 18.3 Å². The molecule has 2 aromatic rings. The third-order valence-electron chi connectivity index (χ3n) is 4.23. The lowest BCUT2D eigenvalue weighted by molar-refractivity contribution is -0.0200. The molecule has 0 radical (unpaired) electrons. The van der Waals surface area contributed by atoms with Gasteiger partial charge in [-0.25, -0.2) is 0 Å². The number of ether oxygens (including phenoxy) is 2. The third-order valence-corrected chi connectivity index (χ3v) is 4.23. The van der Waals surface area contributed by atoms with E-state index in [9.17, 15) is 10.2 Å². The molecule has 0 saturated heterocycles. The molecule has 0 saturated carbocycles. The number of aliphatic hydroxyl groups excluding tert-OH is 2. The average molecular weight is 395 g/mol. The van der Waals surface area contributed by atoms with Gasteiger partial charge in [0, 0.05) is 13.1 Å². The fourth-order valence-corrected chi connectivity index (χ4v) is 2.78. The van der Waals surface area contributed by atoms with Gasteiger partial charge in [0.05, 0.1) is 37.9 Å². The Morgan fingerprint density at radius 2 is 1.39 bits per heavy atom. The van der Waals surface area contributed by atoms with Gasteiger partial charge in [-0.3, -0.25) is 4.90 Å². The zero-order chi connectivity index (χ0) is 20.2. The average Bonchev–Trinajstić information content (AvgIpc) is 3.33. The van der Waals surface area contributed by atoms with Crippen LogP contribution in [0.1, 0.15) is 31.8 Å². The molecule has 2 N–H and O–H groups in total. The molecule has 0 aliphatic rings. The highest BCUT2D eigenvalue weighted by Gasteiger charge is 2.17. The largest absolute Gasteiger partial charge is 0.467 e. The van der Waals surface area contributed by atoms with Gasteiger partial charge in [-0.2, -0.15) is 0 Å². The van der Waals surface area contributed by atoms with Gasteiger partial charge in [0.1, 0.15) is 24.7 Å². The fourth-order valence-electron chi connectivity index (χ4n) is 2.78. The van der Waals surface area contributed by atoms with Crippen LogP contribution >= 0.6 is 0 Å². The number of aliphatic hydroxyl groups is 2. The minimum absolute atomic E-state index is 0.212. The number of hydrogen-bond acceptors (Lipinski definition) is 7. The molecule has 28 heavy (non-hydrogen) atoms. The van der Waals surface area contributed by atoms with Crippen molar-refractivity contribution in [1.82, 2.24) is 4.90 Å². The number of nitrogens with zero attached hydrogens (tertiary/aromatic N) is 1. The normalized spacial score (nSPS) is 14.1. The summed E-state index contributed by atoms with van der Waals surface area (Å²) < 4.78 is 21.4. The topological polar surface area (TPSA) is 88.4 Å². The zero-order valence-corrected chi connectivity index (χ0v) is 16.8. The zero-order valence-electron chi connectivity index (χ0n) is 16.8. The maximum Gasteiger partial charge on any atom is 0.129 e. The molecule has 2 heterocycles. The van der Waals surface area contributed by atoms with Crippen LogP contribution in [0.15, 0.2) is 45.6 Å². The Labute approximate surface area is 166 Å². The summed E-state index contributed by atoms with van der Waals surface area (Å²) in [5, 5.41) is 20.6. The first-order chi connectivity index (χ1) is 13.5. The van der Waals surface area contributed by atoms with E-state index in [2.05, 4.69) is 18.7 Å². The highest BCUT2D eigenvalue weighted by atomic mass is 16.5. The summed E-state index contributed by atoms with van der Waals surface area (Å²) in [7, 11) is 0. The van der Waals surface area contributed by atoms with E-state index in [0.717, 1.165) is 24.5 Å². The monoisotopic (exact) mass is 395 g/mol. The molecule has 0 spiro atoms. The number of hydrogen-bond donors (Lipinski definition) is 2. The molecule has 7 nitrogen and oxygen atoms in total. The lowest BCUT2D eigenvalue weighted by Gasteiger charge is -2.27. The summed E-state index contributed by atoms with van der Waals surface area (Å²) in [4.78, 5) is 2.06. The van der Waals surface area contributed by atoms with Crippen LogP contribution in [0.3, 0.4) is 0 Å². The second-order valence-corrected chi connectivity index (χ2v) is 7.44. The summed E-state index contributed by atoms with van der Waals surface area (Å²) >= 11 is 0. The SMILES string of the molecule is CC(C)CCN(CC(O)COCc1ccco1)CC(O)COCc1ccco1. The van der Waals surface area contributed by atoms with E-state index >= 15 is 0 Å². The molecule has 2 unspecified atom stereocenters. The maximum atomic E-state index is 10.3. The quantitative estimate of drug-likeness (QED) is 0.479. The molecule has 2 aromatic heterocycles. The summed E-state index contributed by atoms with van der Waals surface area (Å²) in [6.07, 6.45) is 2.90. The van der Waals surface area contributed by atoms with Crippen LogP contribution in [0.5, 0.6) is 0 Å². The van der Waals surface area contributed by atoms with Gasteiger partial charge < -0.3 is 28.5 Å². The second kappa shape index (κ2) is 12.7. The van der Waals surface area contributed by atoms with E-state index in [1.807, 2.05) is 12.1 Å². The number of furan rings is 2. The van der Waals surface area contributed by atoms with E-state index in [1.54, 1.807) is 24.7 Å². The molecule has 0 fully saturated rings. The second-order valence-electron chi connectivity index (χ2n) is 7.44. The standard InChI is InChI=1S/C21H33NO6/c1-17(2)7-8-22(11-18(23)13-25-15-20-5-3-9-27-20)12-19(24)14-26-16-21-6-4-10-28-21/h3-6,9-10,17-19,23-24H,7-8,11-16H2,1-2H3. The predicted octanol–water partition coefficient (Wildman–Crippen LogP) is 2.68. The van der Waals surface area contributed by atoms with E-state index in [-0.39, 0.29) is 13.2 Å². The van der Waals surface area contributed by atoms with E-state index < -0.39 is 12.2 Å². The van der Waals surface area contributed by atoms with Crippen LogP contribution in [0.4, 0.5) is 0 Å². The first kappa shape index (κ1) is 22.6. The molecule has 0 bridgehead atoms. The Morgan fingerprint density at radius 1 is 0.893 bits per heavy atom. The van der Waals surface area contributed by atoms with Crippen LogP contribution in [-0.2, 0) is 22.7 Å². The molecule has 158 valence electrons. The van der Waals surface area contributed by atoms with Gasteiger partial charge in [-0.05, 0) is 43.1 Å². The van der Waals surface area contributed by atoms with Crippen molar-refractivity contribution < 1.29 is 28.5 Å². The summed E-state index contributed by atoms with van der Waals surface area (Å²) in [6, 6.07) is 7.27. The van der Waals surface area contributed by atoms with Crippen molar-refractivity contribution in [1.29, 1.82) is 0 Å². The van der Waals surface area contributed by atoms with Crippen molar-refractivity contribution in [2.24, 2.45) is 5.92 Å². The molecule has 0 aromatic carbocycles. The Hall–Kier alpha value is -1.64. The predicted molar refractivity (Wildman–Crippen MR) is 105 cm³/mol. The van der Waals surface area contributed by atoms with Gasteiger partial charge in [0.15, 0.2) is 0 Å². The van der Waals surface area contributed by atoms with Crippen LogP contribution in [-0.4, -0.2) is 60.2 Å². The molecule has 7 heteroatoms. The minimum Gasteiger partial charge on any atom is -0.467 e. The smallest absolute Gasteiger partial charge is 0.129 e. The lowest BCUT2D eigenvalue weighted by Crippen LogP contribution is -2.41. The molecule has 0 amide bonds. The van der Waals surface area contributed by atoms with Crippen LogP contribution in [0, 0.1) is 5.92 Å². The van der Waals surface area contributed by atoms with Crippen molar-refractivity contribution in [2.45, 2.75) is 45.7 Å². The molecule has 0 aliphatic carbocycles. The molecule has 0 aliphatic heterocycles. The van der Waals surface area contributed by atoms with Crippen molar-refractivity contribution in [3.63, 3.8) is 0 Å². The Bertz CT molecular complexity index is 550. The van der Waals surface area contributed by atoms with Crippen molar-refractivity contribution in [3.05, 3.63) is 48.3 Å². The van der Waals surface area contributed by atoms with Gasteiger partial charge >= 0.3 is 0 Å². The summed E-state index contributed by atoms with van der Waals surface area (Å²) in [5.74, 6) is 2.00. The van der Waals surface area contributed by atoms with E-state index in [0.29, 0.717) is 32.2 Å². The van der Waals surface area contributed by atoms with Gasteiger partial charge in [0.2, 0.25) is 0 Å². The third kappa shape index (κ3) is 9.52. The Kier molecular flexibility index (Phi) is 10.3. The van der Waals surface area contributed by atoms with Gasteiger partial charge in [-0.1, -0.05) is 13.8 Å². The summed E-state index contributed by atoms with van der Waals surface area (Å²) in [5.41, 5.74) is 0. The molecule has 2 rings (SSSR count). The van der Waals surface area contributed by atoms with E-state index in [1.165, 1.54) is 0 Å². The maximum absolute atomic E-state index is 10.3. The molecular formula is C21H33NO6. The highest BCUT2D eigenvalue weighted by Crippen LogP contribution is 2.07. The van der Waals surface area contributed by atoms with Gasteiger partial charge in [0.25, 0.3) is 0 Å². The highest BCUT2D eigenvalue weighted by molar-refractivity contribution is 4.96. The van der Waals surface area contributed by atoms with Crippen molar-refractivity contribution in [2.75, 3.05) is 32.8 Å². The van der Waals surface area contributed by atoms with Crippen molar-refractivity contribution >= 4 is 0 Å². The van der Waals surface area contributed by atoms with Gasteiger partial charge in [-0.15, -0.1) is 0 Å². The van der Waals surface area contributed by atoms with Crippen LogP contribution in [0.25, 0.3) is 0 Å². The van der Waals surface area contributed by atoms with Crippen LogP contribution in [0.2, 0.25) is 0 Å². The Balaban J connectivity index is 1.70. The lowest BCUT2D eigenvalue weighted by atomic mass is 10.1. The molecular weight excluding hydrogens is 362 g/mol. The molecule has 2 atom stereocenters. The van der Waals surface area contributed by atoms with Crippen molar-refractivity contribution in [3.8, 4) is 0 Å². The fraction of sp³-hybridized carbons (Fsp3) is 0.619. The summed E-state index contributed by atoms with van der Waals surface area (Å²) in [6.45, 7) is 7.06.